The van der Waals surface area contributed by atoms with Crippen molar-refractivity contribution in [2.45, 2.75) is 0 Å². The largest absolute Gasteiger partial charge is 0.493 e. The number of halogens is 3. The molecule has 1 N–H and O–H groups in total. The lowest BCUT2D eigenvalue weighted by atomic mass is 10.2. The van der Waals surface area contributed by atoms with E-state index in [9.17, 15) is 9.18 Å². The van der Waals surface area contributed by atoms with Gasteiger partial charge in [0.2, 0.25) is 5.75 Å². The third kappa shape index (κ3) is 3.66. The molecule has 0 aliphatic carbocycles. The second kappa shape index (κ2) is 7.59. The number of nitrogens with one attached hydrogen (secondary N) is 1. The summed E-state index contributed by atoms with van der Waals surface area (Å²) >= 11 is 11.6. The summed E-state index contributed by atoms with van der Waals surface area (Å²) in [6.07, 6.45) is 0. The van der Waals surface area contributed by atoms with Gasteiger partial charge < -0.3 is 19.5 Å². The average molecular weight is 374 g/mol. The number of amides is 1. The van der Waals surface area contributed by atoms with E-state index in [0.29, 0.717) is 22.9 Å². The van der Waals surface area contributed by atoms with Crippen molar-refractivity contribution in [3.63, 3.8) is 0 Å². The van der Waals surface area contributed by atoms with Crippen molar-refractivity contribution in [1.29, 1.82) is 0 Å². The van der Waals surface area contributed by atoms with Crippen LogP contribution in [-0.2, 0) is 0 Å². The number of methoxy groups -OCH3 is 3. The molecule has 1 amide bonds. The van der Waals surface area contributed by atoms with Gasteiger partial charge in [-0.3, -0.25) is 4.79 Å². The van der Waals surface area contributed by atoms with Crippen molar-refractivity contribution in [3.8, 4) is 17.2 Å². The SMILES string of the molecule is COc1cc(NC(=O)c2cc(F)c(Cl)cc2Cl)cc(OC)c1OC. The van der Waals surface area contributed by atoms with Crippen molar-refractivity contribution >= 4 is 34.8 Å². The summed E-state index contributed by atoms with van der Waals surface area (Å²) in [5.74, 6) is -0.240. The van der Waals surface area contributed by atoms with Crippen LogP contribution >= 0.6 is 23.2 Å². The predicted molar refractivity (Wildman–Crippen MR) is 90.5 cm³/mol. The molecular formula is C16H14Cl2FNO4. The molecule has 5 nitrogen and oxygen atoms in total. The Bertz CT molecular complexity index is 758. The lowest BCUT2D eigenvalue weighted by Gasteiger charge is -2.15. The normalized spacial score (nSPS) is 10.2. The van der Waals surface area contributed by atoms with Crippen molar-refractivity contribution in [2.75, 3.05) is 26.6 Å². The maximum atomic E-state index is 13.6. The standard InChI is InChI=1S/C16H14Cl2FNO4/c1-22-13-4-8(5-14(23-2)15(13)24-3)20-16(21)9-6-12(19)11(18)7-10(9)17/h4-7H,1-3H3,(H,20,21). The molecule has 2 aromatic rings. The zero-order chi connectivity index (χ0) is 17.9. The summed E-state index contributed by atoms with van der Waals surface area (Å²) in [6, 6.07) is 5.22. The summed E-state index contributed by atoms with van der Waals surface area (Å²) in [4.78, 5) is 12.3. The lowest BCUT2D eigenvalue weighted by Crippen LogP contribution is -2.13. The number of anilines is 1. The summed E-state index contributed by atoms with van der Waals surface area (Å²) < 4.78 is 29.2. The molecule has 0 unspecified atom stereocenters. The molecule has 0 atom stereocenters. The van der Waals surface area contributed by atoms with Gasteiger partial charge in [-0.05, 0) is 12.1 Å². The number of carbonyl (C=O) groups is 1. The van der Waals surface area contributed by atoms with Crippen LogP contribution in [-0.4, -0.2) is 27.2 Å². The van der Waals surface area contributed by atoms with E-state index >= 15 is 0 Å². The second-order valence-corrected chi connectivity index (χ2v) is 5.43. The molecule has 0 saturated heterocycles. The molecule has 0 aromatic heterocycles. The van der Waals surface area contributed by atoms with Gasteiger partial charge in [0, 0.05) is 17.8 Å². The van der Waals surface area contributed by atoms with Gasteiger partial charge in [-0.25, -0.2) is 4.39 Å². The Morgan fingerprint density at radius 1 is 0.958 bits per heavy atom. The summed E-state index contributed by atoms with van der Waals surface area (Å²) in [5, 5.41) is 2.47. The van der Waals surface area contributed by atoms with E-state index in [2.05, 4.69) is 5.32 Å². The monoisotopic (exact) mass is 373 g/mol. The molecule has 0 heterocycles. The maximum Gasteiger partial charge on any atom is 0.257 e. The topological polar surface area (TPSA) is 56.8 Å². The number of hydrogen-bond acceptors (Lipinski definition) is 4. The Kier molecular flexibility index (Phi) is 5.75. The number of benzene rings is 2. The Morgan fingerprint density at radius 2 is 1.54 bits per heavy atom. The minimum absolute atomic E-state index is 0.0336. The fourth-order valence-electron chi connectivity index (χ4n) is 2.05. The van der Waals surface area contributed by atoms with Crippen LogP contribution in [0.4, 0.5) is 10.1 Å². The van der Waals surface area contributed by atoms with E-state index in [-0.39, 0.29) is 15.6 Å². The fourth-order valence-corrected chi connectivity index (χ4v) is 2.52. The number of ether oxygens (including phenoxy) is 3. The van der Waals surface area contributed by atoms with Gasteiger partial charge in [-0.2, -0.15) is 0 Å². The quantitative estimate of drug-likeness (QED) is 0.788. The van der Waals surface area contributed by atoms with Crippen LogP contribution in [0.3, 0.4) is 0 Å². The molecule has 2 aromatic carbocycles. The van der Waals surface area contributed by atoms with Crippen molar-refractivity contribution < 1.29 is 23.4 Å². The third-order valence-corrected chi connectivity index (χ3v) is 3.78. The highest BCUT2D eigenvalue weighted by Gasteiger charge is 2.18. The van der Waals surface area contributed by atoms with Gasteiger partial charge in [0.1, 0.15) is 5.82 Å². The van der Waals surface area contributed by atoms with Gasteiger partial charge >= 0.3 is 0 Å². The molecule has 0 saturated carbocycles. The highest BCUT2D eigenvalue weighted by Crippen LogP contribution is 2.40. The number of carbonyl (C=O) groups excluding carboxylic acids is 1. The van der Waals surface area contributed by atoms with Crippen molar-refractivity contribution in [2.24, 2.45) is 0 Å². The van der Waals surface area contributed by atoms with E-state index in [0.717, 1.165) is 6.07 Å². The molecule has 24 heavy (non-hydrogen) atoms. The molecule has 8 heteroatoms. The van der Waals surface area contributed by atoms with Crippen LogP contribution in [0, 0.1) is 5.82 Å². The zero-order valence-corrected chi connectivity index (χ0v) is 14.6. The van der Waals surface area contributed by atoms with Crippen LogP contribution in [0.1, 0.15) is 10.4 Å². The molecule has 2 rings (SSSR count). The van der Waals surface area contributed by atoms with Gasteiger partial charge in [0.25, 0.3) is 5.91 Å². The Labute approximate surface area is 148 Å². The number of hydrogen-bond donors (Lipinski definition) is 1. The lowest BCUT2D eigenvalue weighted by molar-refractivity contribution is 0.102. The van der Waals surface area contributed by atoms with Gasteiger partial charge in [-0.1, -0.05) is 23.2 Å². The molecule has 0 fully saturated rings. The van der Waals surface area contributed by atoms with E-state index in [1.54, 1.807) is 12.1 Å². The molecule has 0 spiro atoms. The summed E-state index contributed by atoms with van der Waals surface area (Å²) in [5.41, 5.74) is 0.313. The van der Waals surface area contributed by atoms with Gasteiger partial charge in [0.15, 0.2) is 11.5 Å². The van der Waals surface area contributed by atoms with Gasteiger partial charge in [0.05, 0.1) is 36.9 Å². The molecule has 0 bridgehead atoms. The highest BCUT2D eigenvalue weighted by atomic mass is 35.5. The van der Waals surface area contributed by atoms with Crippen molar-refractivity contribution in [1.82, 2.24) is 0 Å². The fraction of sp³-hybridized carbons (Fsp3) is 0.188. The first-order valence-corrected chi connectivity index (χ1v) is 7.42. The third-order valence-electron chi connectivity index (χ3n) is 3.18. The first-order valence-electron chi connectivity index (χ1n) is 6.67. The van der Waals surface area contributed by atoms with Gasteiger partial charge in [-0.15, -0.1) is 0 Å². The zero-order valence-electron chi connectivity index (χ0n) is 13.1. The molecular weight excluding hydrogens is 360 g/mol. The second-order valence-electron chi connectivity index (χ2n) is 4.61. The van der Waals surface area contributed by atoms with Crippen LogP contribution in [0.15, 0.2) is 24.3 Å². The maximum absolute atomic E-state index is 13.6. The Hall–Kier alpha value is -2.18. The summed E-state index contributed by atoms with van der Waals surface area (Å²) in [7, 11) is 4.37. The smallest absolute Gasteiger partial charge is 0.257 e. The van der Waals surface area contributed by atoms with Crippen molar-refractivity contribution in [3.05, 3.63) is 45.7 Å². The Morgan fingerprint density at radius 3 is 2.04 bits per heavy atom. The van der Waals surface area contributed by atoms with Crippen LogP contribution in [0.5, 0.6) is 17.2 Å². The van der Waals surface area contributed by atoms with E-state index < -0.39 is 11.7 Å². The first-order chi connectivity index (χ1) is 11.4. The molecule has 0 aliphatic heterocycles. The molecule has 128 valence electrons. The minimum atomic E-state index is -0.740. The first kappa shape index (κ1) is 18.2. The van der Waals surface area contributed by atoms with Crippen LogP contribution in [0.25, 0.3) is 0 Å². The molecule has 0 aliphatic rings. The van der Waals surface area contributed by atoms with E-state index in [1.807, 2.05) is 0 Å². The van der Waals surface area contributed by atoms with E-state index in [4.69, 9.17) is 37.4 Å². The summed E-state index contributed by atoms with van der Waals surface area (Å²) in [6.45, 7) is 0. The minimum Gasteiger partial charge on any atom is -0.493 e. The average Bonchev–Trinajstić information content (AvgIpc) is 2.56. The van der Waals surface area contributed by atoms with Crippen LogP contribution < -0.4 is 19.5 Å². The van der Waals surface area contributed by atoms with Crippen LogP contribution in [0.2, 0.25) is 10.0 Å². The predicted octanol–water partition coefficient (Wildman–Crippen LogP) is 4.41. The molecule has 0 radical (unpaired) electrons. The van der Waals surface area contributed by atoms with E-state index in [1.165, 1.54) is 27.4 Å². The number of rotatable bonds is 5. The highest BCUT2D eigenvalue weighted by molar-refractivity contribution is 6.37. The Balaban J connectivity index is 2.37.